The van der Waals surface area contributed by atoms with E-state index in [9.17, 15) is 9.59 Å². The summed E-state index contributed by atoms with van der Waals surface area (Å²) in [7, 11) is 0. The van der Waals surface area contributed by atoms with Gasteiger partial charge in [0, 0.05) is 23.6 Å². The van der Waals surface area contributed by atoms with Crippen LogP contribution in [0.25, 0.3) is 16.6 Å². The van der Waals surface area contributed by atoms with Crippen molar-refractivity contribution in [1.82, 2.24) is 40.1 Å². The molecule has 1 aliphatic heterocycles. The number of aromatic amines is 2. The first-order valence-corrected chi connectivity index (χ1v) is 11.7. The van der Waals surface area contributed by atoms with Crippen LogP contribution in [0.3, 0.4) is 0 Å². The Morgan fingerprint density at radius 1 is 1.03 bits per heavy atom. The maximum absolute atomic E-state index is 13.4. The van der Waals surface area contributed by atoms with E-state index >= 15 is 0 Å². The minimum absolute atomic E-state index is 0.146. The van der Waals surface area contributed by atoms with Crippen LogP contribution in [0.5, 0.6) is 0 Å². The second kappa shape index (κ2) is 9.10. The average Bonchev–Trinajstić information content (AvgIpc) is 3.69. The zero-order chi connectivity index (χ0) is 24.5. The molecule has 6 rings (SSSR count). The van der Waals surface area contributed by atoms with Gasteiger partial charge in [0.15, 0.2) is 5.82 Å². The van der Waals surface area contributed by atoms with Crippen LogP contribution in [0.15, 0.2) is 67.1 Å². The number of hydrogen-bond donors (Lipinski definition) is 3. The standard InChI is InChI=1S/C25H23N9O2/c35-24(16-9-10-17-14-27-29-19(17)12-16)28-22-13-20(30-31-22)21-8-4-5-11-33(21)25(36)23-26-15-34(32-23)18-6-2-1-3-7-18/h1-3,6-7,9-10,12-15,21H,4-5,8,11H2,(H,27,29)(H2,28,30,31,35). The predicted octanol–water partition coefficient (Wildman–Crippen LogP) is 3.49. The molecule has 0 saturated carbocycles. The molecule has 1 unspecified atom stereocenters. The number of piperidine rings is 1. The molecule has 36 heavy (non-hydrogen) atoms. The number of fused-ring (bicyclic) bond motifs is 1. The first-order chi connectivity index (χ1) is 17.7. The Morgan fingerprint density at radius 2 is 1.92 bits per heavy atom. The van der Waals surface area contributed by atoms with Gasteiger partial charge in [0.25, 0.3) is 11.8 Å². The Kier molecular flexibility index (Phi) is 5.49. The highest BCUT2D eigenvalue weighted by molar-refractivity contribution is 6.05. The zero-order valence-corrected chi connectivity index (χ0v) is 19.3. The number of carbonyl (C=O) groups excluding carboxylic acids is 2. The highest BCUT2D eigenvalue weighted by Gasteiger charge is 2.32. The third kappa shape index (κ3) is 4.11. The Hall–Kier alpha value is -4.80. The van der Waals surface area contributed by atoms with Gasteiger partial charge in [0.05, 0.1) is 29.1 Å². The highest BCUT2D eigenvalue weighted by Crippen LogP contribution is 2.32. The van der Waals surface area contributed by atoms with Gasteiger partial charge < -0.3 is 10.2 Å². The Morgan fingerprint density at radius 3 is 2.81 bits per heavy atom. The number of aromatic nitrogens is 7. The number of nitrogens with one attached hydrogen (secondary N) is 3. The van der Waals surface area contributed by atoms with Crippen molar-refractivity contribution in [2.75, 3.05) is 11.9 Å². The molecular formula is C25H23N9O2. The van der Waals surface area contributed by atoms with Crippen molar-refractivity contribution in [2.45, 2.75) is 25.3 Å². The lowest BCUT2D eigenvalue weighted by Crippen LogP contribution is -2.39. The van der Waals surface area contributed by atoms with Crippen molar-refractivity contribution in [3.8, 4) is 5.69 Å². The summed E-state index contributed by atoms with van der Waals surface area (Å²) in [6.45, 7) is 0.592. The average molecular weight is 482 g/mol. The molecule has 2 aromatic carbocycles. The highest BCUT2D eigenvalue weighted by atomic mass is 16.2. The van der Waals surface area contributed by atoms with E-state index in [1.54, 1.807) is 40.3 Å². The third-order valence-electron chi connectivity index (χ3n) is 6.37. The summed E-state index contributed by atoms with van der Waals surface area (Å²) < 4.78 is 1.59. The SMILES string of the molecule is O=C(Nc1cc(C2CCCCN2C(=O)c2ncn(-c3ccccc3)n2)[nH]n1)c1ccc2cn[nH]c2c1. The van der Waals surface area contributed by atoms with Gasteiger partial charge in [0.2, 0.25) is 5.82 Å². The van der Waals surface area contributed by atoms with Crippen LogP contribution in [-0.4, -0.2) is 58.4 Å². The molecule has 1 saturated heterocycles. The minimum atomic E-state index is -0.281. The molecule has 4 heterocycles. The normalized spacial score (nSPS) is 15.8. The molecule has 11 nitrogen and oxygen atoms in total. The van der Waals surface area contributed by atoms with Gasteiger partial charge in [-0.15, -0.1) is 5.10 Å². The van der Waals surface area contributed by atoms with Gasteiger partial charge >= 0.3 is 0 Å². The second-order valence-corrected chi connectivity index (χ2v) is 8.69. The van der Waals surface area contributed by atoms with E-state index in [0.717, 1.165) is 41.5 Å². The molecule has 1 atom stereocenters. The van der Waals surface area contributed by atoms with Crippen LogP contribution < -0.4 is 5.32 Å². The quantitative estimate of drug-likeness (QED) is 0.351. The van der Waals surface area contributed by atoms with Crippen LogP contribution in [0, 0.1) is 0 Å². The molecule has 11 heteroatoms. The van der Waals surface area contributed by atoms with E-state index in [1.165, 1.54) is 0 Å². The molecule has 0 aliphatic carbocycles. The van der Waals surface area contributed by atoms with Crippen LogP contribution in [0.4, 0.5) is 5.82 Å². The summed E-state index contributed by atoms with van der Waals surface area (Å²) in [5, 5.41) is 22.3. The lowest BCUT2D eigenvalue weighted by molar-refractivity contribution is 0.0593. The fourth-order valence-electron chi connectivity index (χ4n) is 4.53. The van der Waals surface area contributed by atoms with Crippen LogP contribution in [0.2, 0.25) is 0 Å². The van der Waals surface area contributed by atoms with E-state index in [4.69, 9.17) is 0 Å². The summed E-state index contributed by atoms with van der Waals surface area (Å²) in [5.74, 6) is 0.0244. The number of likely N-dealkylation sites (tertiary alicyclic amines) is 1. The van der Waals surface area contributed by atoms with Crippen molar-refractivity contribution >= 4 is 28.5 Å². The van der Waals surface area contributed by atoms with Crippen molar-refractivity contribution in [1.29, 1.82) is 0 Å². The molecule has 3 aromatic heterocycles. The lowest BCUT2D eigenvalue weighted by atomic mass is 9.99. The molecule has 2 amide bonds. The fraction of sp³-hybridized carbons (Fsp3) is 0.200. The fourth-order valence-corrected chi connectivity index (χ4v) is 4.53. The van der Waals surface area contributed by atoms with Crippen molar-refractivity contribution in [3.63, 3.8) is 0 Å². The molecule has 1 fully saturated rings. The Bertz CT molecular complexity index is 1540. The van der Waals surface area contributed by atoms with Gasteiger partial charge in [-0.3, -0.25) is 19.8 Å². The number of para-hydroxylation sites is 1. The number of anilines is 1. The largest absolute Gasteiger partial charge is 0.327 e. The lowest BCUT2D eigenvalue weighted by Gasteiger charge is -2.34. The van der Waals surface area contributed by atoms with Gasteiger partial charge in [-0.05, 0) is 43.5 Å². The maximum Gasteiger partial charge on any atom is 0.294 e. The number of H-pyrrole nitrogens is 2. The van der Waals surface area contributed by atoms with E-state index in [-0.39, 0.29) is 23.7 Å². The first kappa shape index (κ1) is 21.7. The summed E-state index contributed by atoms with van der Waals surface area (Å²) >= 11 is 0. The topological polar surface area (TPSA) is 137 Å². The van der Waals surface area contributed by atoms with E-state index in [1.807, 2.05) is 36.4 Å². The number of amides is 2. The predicted molar refractivity (Wildman–Crippen MR) is 132 cm³/mol. The van der Waals surface area contributed by atoms with E-state index in [2.05, 4.69) is 35.8 Å². The molecule has 5 aromatic rings. The molecule has 0 spiro atoms. The van der Waals surface area contributed by atoms with E-state index in [0.29, 0.717) is 17.9 Å². The molecule has 180 valence electrons. The Balaban J connectivity index is 1.19. The number of hydrogen-bond acceptors (Lipinski definition) is 6. The third-order valence-corrected chi connectivity index (χ3v) is 6.37. The molecular weight excluding hydrogens is 458 g/mol. The summed E-state index contributed by atoms with van der Waals surface area (Å²) in [5.41, 5.74) is 2.86. The van der Waals surface area contributed by atoms with Crippen LogP contribution in [0.1, 0.15) is 52.0 Å². The summed E-state index contributed by atoms with van der Waals surface area (Å²) in [6.07, 6.45) is 5.90. The number of nitrogens with zero attached hydrogens (tertiary/aromatic N) is 6. The van der Waals surface area contributed by atoms with Gasteiger partial charge in [-0.1, -0.05) is 24.3 Å². The Labute approximate surface area is 205 Å². The summed E-state index contributed by atoms with van der Waals surface area (Å²) in [4.78, 5) is 32.2. The number of rotatable bonds is 5. The number of carbonyl (C=O) groups is 2. The van der Waals surface area contributed by atoms with Gasteiger partial charge in [-0.25, -0.2) is 9.67 Å². The van der Waals surface area contributed by atoms with Crippen molar-refractivity contribution in [2.24, 2.45) is 0 Å². The van der Waals surface area contributed by atoms with Crippen LogP contribution in [-0.2, 0) is 0 Å². The van der Waals surface area contributed by atoms with E-state index < -0.39 is 0 Å². The zero-order valence-electron chi connectivity index (χ0n) is 19.3. The molecule has 3 N–H and O–H groups in total. The second-order valence-electron chi connectivity index (χ2n) is 8.69. The van der Waals surface area contributed by atoms with Gasteiger partial charge in [-0.2, -0.15) is 10.2 Å². The number of benzene rings is 2. The first-order valence-electron chi connectivity index (χ1n) is 11.7. The smallest absolute Gasteiger partial charge is 0.294 e. The summed E-state index contributed by atoms with van der Waals surface area (Å²) in [6, 6.07) is 16.4. The van der Waals surface area contributed by atoms with Crippen molar-refractivity contribution in [3.05, 3.63) is 84.2 Å². The van der Waals surface area contributed by atoms with Crippen LogP contribution >= 0.6 is 0 Å². The minimum Gasteiger partial charge on any atom is -0.327 e. The monoisotopic (exact) mass is 481 g/mol. The molecule has 0 radical (unpaired) electrons. The molecule has 1 aliphatic rings. The molecule has 0 bridgehead atoms. The van der Waals surface area contributed by atoms with Gasteiger partial charge in [0.1, 0.15) is 6.33 Å². The maximum atomic E-state index is 13.4. The van der Waals surface area contributed by atoms with Crippen molar-refractivity contribution < 1.29 is 9.59 Å².